The van der Waals surface area contributed by atoms with Crippen molar-refractivity contribution in [3.8, 4) is 11.4 Å². The summed E-state index contributed by atoms with van der Waals surface area (Å²) in [6.07, 6.45) is 3.62. The average molecular weight is 435 g/mol. The zero-order chi connectivity index (χ0) is 22.0. The van der Waals surface area contributed by atoms with Gasteiger partial charge in [-0.15, -0.1) is 0 Å². The highest BCUT2D eigenvalue weighted by atomic mass is 32.2. The molecule has 0 aliphatic carbocycles. The molecule has 0 fully saturated rings. The fourth-order valence-electron chi connectivity index (χ4n) is 3.66. The van der Waals surface area contributed by atoms with E-state index in [0.717, 1.165) is 16.7 Å². The summed E-state index contributed by atoms with van der Waals surface area (Å²) < 4.78 is 34.5. The van der Waals surface area contributed by atoms with Crippen molar-refractivity contribution in [2.24, 2.45) is 0 Å². The molecule has 158 valence electrons. The van der Waals surface area contributed by atoms with Gasteiger partial charge in [-0.2, -0.15) is 4.98 Å². The molecule has 8 heteroatoms. The van der Waals surface area contributed by atoms with Crippen molar-refractivity contribution in [1.82, 2.24) is 15.1 Å². The number of benzene rings is 2. The molecule has 0 radical (unpaired) electrons. The van der Waals surface area contributed by atoms with E-state index < -0.39 is 10.0 Å². The third-order valence-electron chi connectivity index (χ3n) is 4.86. The number of aryl methyl sites for hydroxylation is 3. The summed E-state index contributed by atoms with van der Waals surface area (Å²) in [7, 11) is -3.77. The van der Waals surface area contributed by atoms with Gasteiger partial charge >= 0.3 is 0 Å². The molecule has 0 aliphatic rings. The fourth-order valence-corrected chi connectivity index (χ4v) is 5.22. The molecule has 1 N–H and O–H groups in total. The topological polar surface area (TPSA) is 98.0 Å². The first-order valence-electron chi connectivity index (χ1n) is 9.75. The minimum absolute atomic E-state index is 0.290. The number of nitrogens with one attached hydrogen (secondary N) is 1. The molecule has 31 heavy (non-hydrogen) atoms. The summed E-state index contributed by atoms with van der Waals surface area (Å²) in [4.78, 5) is 8.77. The van der Waals surface area contributed by atoms with E-state index >= 15 is 0 Å². The number of aromatic nitrogens is 3. The molecule has 0 saturated carbocycles. The molecular formula is C23H22N4O3S. The van der Waals surface area contributed by atoms with Gasteiger partial charge in [0.15, 0.2) is 0 Å². The Morgan fingerprint density at radius 3 is 2.45 bits per heavy atom. The zero-order valence-electron chi connectivity index (χ0n) is 17.5. The molecule has 4 aromatic rings. The van der Waals surface area contributed by atoms with Gasteiger partial charge in [0.2, 0.25) is 11.7 Å². The molecule has 2 aromatic carbocycles. The summed E-state index contributed by atoms with van der Waals surface area (Å²) in [6.45, 7) is 5.56. The molecule has 7 nitrogen and oxygen atoms in total. The highest BCUT2D eigenvalue weighted by Gasteiger charge is 2.21. The van der Waals surface area contributed by atoms with Crippen molar-refractivity contribution in [2.45, 2.75) is 32.1 Å². The summed E-state index contributed by atoms with van der Waals surface area (Å²) in [5.41, 5.74) is 4.39. The van der Waals surface area contributed by atoms with Crippen molar-refractivity contribution in [3.05, 3.63) is 89.1 Å². The van der Waals surface area contributed by atoms with Crippen LogP contribution in [0.15, 0.2) is 70.3 Å². The Hall–Kier alpha value is -3.52. The van der Waals surface area contributed by atoms with E-state index in [1.165, 1.54) is 0 Å². The van der Waals surface area contributed by atoms with E-state index in [1.807, 2.05) is 37.3 Å². The van der Waals surface area contributed by atoms with Crippen LogP contribution in [0.25, 0.3) is 11.4 Å². The number of rotatable bonds is 6. The van der Waals surface area contributed by atoms with E-state index in [-0.39, 0.29) is 6.42 Å². The third kappa shape index (κ3) is 4.49. The summed E-state index contributed by atoms with van der Waals surface area (Å²) >= 11 is 0. The highest BCUT2D eigenvalue weighted by Crippen LogP contribution is 2.27. The number of pyridine rings is 1. The van der Waals surface area contributed by atoms with Crippen LogP contribution >= 0.6 is 0 Å². The summed E-state index contributed by atoms with van der Waals surface area (Å²) in [5, 5.41) is 4.00. The monoisotopic (exact) mass is 434 g/mol. The van der Waals surface area contributed by atoms with Gasteiger partial charge in [-0.1, -0.05) is 41.1 Å². The van der Waals surface area contributed by atoms with Crippen LogP contribution < -0.4 is 4.72 Å². The first-order chi connectivity index (χ1) is 14.8. The number of para-hydroxylation sites is 1. The second kappa shape index (κ2) is 8.31. The predicted molar refractivity (Wildman–Crippen MR) is 118 cm³/mol. The Bertz CT molecular complexity index is 1310. The average Bonchev–Trinajstić information content (AvgIpc) is 3.17. The van der Waals surface area contributed by atoms with Crippen LogP contribution in [-0.4, -0.2) is 23.5 Å². The van der Waals surface area contributed by atoms with Crippen molar-refractivity contribution in [1.29, 1.82) is 0 Å². The number of hydrogen-bond acceptors (Lipinski definition) is 6. The van der Waals surface area contributed by atoms with Crippen molar-refractivity contribution >= 4 is 15.7 Å². The number of sulfonamides is 1. The number of anilines is 1. The van der Waals surface area contributed by atoms with Gasteiger partial charge in [-0.05, 0) is 55.7 Å². The fraction of sp³-hybridized carbons (Fsp3) is 0.174. The normalized spacial score (nSPS) is 11.5. The van der Waals surface area contributed by atoms with E-state index in [9.17, 15) is 8.42 Å². The van der Waals surface area contributed by atoms with Crippen LogP contribution in [0.4, 0.5) is 5.69 Å². The maximum absolute atomic E-state index is 13.2. The standard InChI is InChI=1S/C23H22N4O3S/c1-15-11-16(2)22(17(3)12-15)31(28,29)27-20-9-5-4-7-18(20)13-21-25-23(26-30-21)19-8-6-10-24-14-19/h4-12,14,27H,13H2,1-3H3. The maximum Gasteiger partial charge on any atom is 0.262 e. The summed E-state index contributed by atoms with van der Waals surface area (Å²) in [6, 6.07) is 14.6. The van der Waals surface area contributed by atoms with Gasteiger partial charge in [0.1, 0.15) is 0 Å². The number of hydrogen-bond donors (Lipinski definition) is 1. The first-order valence-corrected chi connectivity index (χ1v) is 11.2. The van der Waals surface area contributed by atoms with E-state index in [2.05, 4.69) is 19.8 Å². The molecule has 0 atom stereocenters. The molecular weight excluding hydrogens is 412 g/mol. The Balaban J connectivity index is 1.62. The first kappa shape index (κ1) is 20.7. The Morgan fingerprint density at radius 1 is 1.00 bits per heavy atom. The van der Waals surface area contributed by atoms with Crippen LogP contribution in [0, 0.1) is 20.8 Å². The van der Waals surface area contributed by atoms with Crippen LogP contribution in [0.2, 0.25) is 0 Å². The predicted octanol–water partition coefficient (Wildman–Crippen LogP) is 4.45. The Morgan fingerprint density at radius 2 is 1.74 bits per heavy atom. The third-order valence-corrected chi connectivity index (χ3v) is 6.53. The van der Waals surface area contributed by atoms with Gasteiger partial charge in [0, 0.05) is 18.0 Å². The lowest BCUT2D eigenvalue weighted by molar-refractivity contribution is 0.386. The second-order valence-electron chi connectivity index (χ2n) is 7.42. The molecule has 0 amide bonds. The maximum atomic E-state index is 13.2. The molecule has 0 aliphatic heterocycles. The SMILES string of the molecule is Cc1cc(C)c(S(=O)(=O)Nc2ccccc2Cc2nc(-c3cccnc3)no2)c(C)c1. The molecule has 0 spiro atoms. The Kier molecular flexibility index (Phi) is 5.56. The lowest BCUT2D eigenvalue weighted by Crippen LogP contribution is -2.17. The van der Waals surface area contributed by atoms with Crippen LogP contribution in [0.3, 0.4) is 0 Å². The quantitative estimate of drug-likeness (QED) is 0.481. The van der Waals surface area contributed by atoms with Gasteiger partial charge in [0.25, 0.3) is 10.0 Å². The largest absolute Gasteiger partial charge is 0.339 e. The van der Waals surface area contributed by atoms with Crippen LogP contribution in [0.1, 0.15) is 28.1 Å². The smallest absolute Gasteiger partial charge is 0.262 e. The minimum Gasteiger partial charge on any atom is -0.339 e. The molecule has 2 aromatic heterocycles. The molecule has 2 heterocycles. The van der Waals surface area contributed by atoms with E-state index in [0.29, 0.717) is 33.4 Å². The van der Waals surface area contributed by atoms with Crippen LogP contribution in [-0.2, 0) is 16.4 Å². The van der Waals surface area contributed by atoms with Gasteiger partial charge in [-0.3, -0.25) is 9.71 Å². The Labute approximate surface area is 181 Å². The lowest BCUT2D eigenvalue weighted by Gasteiger charge is -2.15. The van der Waals surface area contributed by atoms with Gasteiger partial charge < -0.3 is 4.52 Å². The summed E-state index contributed by atoms with van der Waals surface area (Å²) in [5.74, 6) is 0.820. The molecule has 0 saturated heterocycles. The zero-order valence-corrected chi connectivity index (χ0v) is 18.3. The van der Waals surface area contributed by atoms with Gasteiger partial charge in [0.05, 0.1) is 17.0 Å². The number of nitrogens with zero attached hydrogens (tertiary/aromatic N) is 3. The van der Waals surface area contributed by atoms with Crippen molar-refractivity contribution in [3.63, 3.8) is 0 Å². The highest BCUT2D eigenvalue weighted by molar-refractivity contribution is 7.92. The van der Waals surface area contributed by atoms with Crippen LogP contribution in [0.5, 0.6) is 0 Å². The van der Waals surface area contributed by atoms with E-state index in [1.54, 1.807) is 44.4 Å². The lowest BCUT2D eigenvalue weighted by atomic mass is 10.1. The van der Waals surface area contributed by atoms with E-state index in [4.69, 9.17) is 4.52 Å². The van der Waals surface area contributed by atoms with Crippen molar-refractivity contribution in [2.75, 3.05) is 4.72 Å². The van der Waals surface area contributed by atoms with Crippen molar-refractivity contribution < 1.29 is 12.9 Å². The van der Waals surface area contributed by atoms with Gasteiger partial charge in [-0.25, -0.2) is 8.42 Å². The molecule has 0 unspecified atom stereocenters. The molecule has 4 rings (SSSR count). The minimum atomic E-state index is -3.77. The molecule has 0 bridgehead atoms. The second-order valence-corrected chi connectivity index (χ2v) is 9.04.